The zero-order chi connectivity index (χ0) is 17.4. The third-order valence-corrected chi connectivity index (χ3v) is 4.48. The lowest BCUT2D eigenvalue weighted by molar-refractivity contribution is -0.146. The molecule has 1 aliphatic heterocycles. The van der Waals surface area contributed by atoms with Crippen LogP contribution in [0.3, 0.4) is 0 Å². The number of esters is 1. The number of hydrogen-bond acceptors (Lipinski definition) is 4. The van der Waals surface area contributed by atoms with E-state index >= 15 is 0 Å². The number of methoxy groups -OCH3 is 1. The largest absolute Gasteiger partial charge is 0.492 e. The number of carbonyl (C=O) groups is 1. The van der Waals surface area contributed by atoms with Crippen molar-refractivity contribution < 1.29 is 14.3 Å². The van der Waals surface area contributed by atoms with Crippen LogP contribution in [-0.2, 0) is 9.53 Å². The molecule has 1 saturated heterocycles. The van der Waals surface area contributed by atoms with E-state index in [0.717, 1.165) is 42.1 Å². The van der Waals surface area contributed by atoms with Crippen molar-refractivity contribution in [1.29, 1.82) is 0 Å². The van der Waals surface area contributed by atoms with E-state index in [9.17, 15) is 4.79 Å². The highest BCUT2D eigenvalue weighted by molar-refractivity contribution is 14.0. The van der Waals surface area contributed by atoms with Gasteiger partial charge in [-0.25, -0.2) is 0 Å². The van der Waals surface area contributed by atoms with Crippen LogP contribution in [0.5, 0.6) is 5.75 Å². The number of piperidine rings is 1. The van der Waals surface area contributed by atoms with Crippen LogP contribution in [0, 0.1) is 5.92 Å². The third kappa shape index (κ3) is 7.01. The minimum atomic E-state index is -0.111. The van der Waals surface area contributed by atoms with Gasteiger partial charge in [0.25, 0.3) is 0 Å². The quantitative estimate of drug-likeness (QED) is 0.210. The number of nitrogens with one attached hydrogen (secondary N) is 1. The van der Waals surface area contributed by atoms with Crippen LogP contribution in [0.25, 0.3) is 0 Å². The number of likely N-dealkylation sites (tertiary alicyclic amines) is 1. The normalized spacial score (nSPS) is 15.3. The molecule has 0 bridgehead atoms. The van der Waals surface area contributed by atoms with E-state index in [-0.39, 0.29) is 35.9 Å². The highest BCUT2D eigenvalue weighted by Gasteiger charge is 2.26. The summed E-state index contributed by atoms with van der Waals surface area (Å²) in [5, 5.41) is 3.31. The summed E-state index contributed by atoms with van der Waals surface area (Å²) in [4.78, 5) is 18.1. The number of rotatable bonds is 5. The molecular weight excluding hydrogens is 501 g/mol. The van der Waals surface area contributed by atoms with Gasteiger partial charge in [0.05, 0.1) is 19.6 Å². The molecule has 1 aliphatic rings. The fourth-order valence-electron chi connectivity index (χ4n) is 2.71. The first-order chi connectivity index (χ1) is 11.6. The predicted octanol–water partition coefficient (Wildman–Crippen LogP) is 2.91. The summed E-state index contributed by atoms with van der Waals surface area (Å²) < 4.78 is 11.5. The lowest BCUT2D eigenvalue weighted by atomic mass is 9.97. The molecule has 25 heavy (non-hydrogen) atoms. The van der Waals surface area contributed by atoms with Crippen LogP contribution >= 0.6 is 39.9 Å². The first kappa shape index (κ1) is 22.0. The Bertz CT molecular complexity index is 578. The molecule has 0 atom stereocenters. The van der Waals surface area contributed by atoms with Crippen LogP contribution in [0.1, 0.15) is 12.8 Å². The Kier molecular flexibility index (Phi) is 10.2. The van der Waals surface area contributed by atoms with Crippen molar-refractivity contribution in [3.63, 3.8) is 0 Å². The van der Waals surface area contributed by atoms with E-state index in [1.54, 1.807) is 7.05 Å². The molecule has 8 heteroatoms. The molecule has 1 heterocycles. The van der Waals surface area contributed by atoms with Crippen molar-refractivity contribution in [2.24, 2.45) is 10.9 Å². The number of aliphatic imine (C=N–C) groups is 1. The molecule has 2 rings (SSSR count). The van der Waals surface area contributed by atoms with Crippen LogP contribution in [0.15, 0.2) is 33.7 Å². The standard InChI is InChI=1S/C17H24BrN3O3.HI/c1-19-17(21-9-6-13(7-10-21)16(22)23-2)20-8-11-24-15-5-3-4-14(18)12-15;/h3-5,12-13H,6-11H2,1-2H3,(H,19,20);1H. The summed E-state index contributed by atoms with van der Waals surface area (Å²) in [5.74, 6) is 1.57. The maximum Gasteiger partial charge on any atom is 0.308 e. The summed E-state index contributed by atoms with van der Waals surface area (Å²) in [6, 6.07) is 7.77. The van der Waals surface area contributed by atoms with Gasteiger partial charge in [-0.15, -0.1) is 24.0 Å². The van der Waals surface area contributed by atoms with Crippen molar-refractivity contribution in [2.75, 3.05) is 40.4 Å². The summed E-state index contributed by atoms with van der Waals surface area (Å²) in [5.41, 5.74) is 0. The van der Waals surface area contributed by atoms with Crippen molar-refractivity contribution in [3.05, 3.63) is 28.7 Å². The maximum absolute atomic E-state index is 11.6. The number of benzene rings is 1. The van der Waals surface area contributed by atoms with Crippen LogP contribution in [-0.4, -0.2) is 57.2 Å². The monoisotopic (exact) mass is 525 g/mol. The second-order valence-corrected chi connectivity index (χ2v) is 6.48. The fourth-order valence-corrected chi connectivity index (χ4v) is 3.09. The minimum absolute atomic E-state index is 0. The Morgan fingerprint density at radius 3 is 2.72 bits per heavy atom. The van der Waals surface area contributed by atoms with Crippen molar-refractivity contribution in [3.8, 4) is 5.75 Å². The van der Waals surface area contributed by atoms with E-state index in [1.807, 2.05) is 24.3 Å². The van der Waals surface area contributed by atoms with Gasteiger partial charge < -0.3 is 19.7 Å². The summed E-state index contributed by atoms with van der Waals surface area (Å²) >= 11 is 3.42. The van der Waals surface area contributed by atoms with Gasteiger partial charge in [-0.3, -0.25) is 9.79 Å². The van der Waals surface area contributed by atoms with Crippen molar-refractivity contribution in [2.45, 2.75) is 12.8 Å². The second kappa shape index (κ2) is 11.6. The van der Waals surface area contributed by atoms with Gasteiger partial charge in [-0.05, 0) is 31.0 Å². The summed E-state index contributed by atoms with van der Waals surface area (Å²) in [6.45, 7) is 2.81. The third-order valence-electron chi connectivity index (χ3n) is 3.99. The number of halogens is 2. The smallest absolute Gasteiger partial charge is 0.308 e. The summed E-state index contributed by atoms with van der Waals surface area (Å²) in [7, 11) is 3.21. The van der Waals surface area contributed by atoms with E-state index in [0.29, 0.717) is 13.2 Å². The number of ether oxygens (including phenoxy) is 2. The van der Waals surface area contributed by atoms with E-state index in [2.05, 4.69) is 31.1 Å². The van der Waals surface area contributed by atoms with Gasteiger partial charge in [0.15, 0.2) is 5.96 Å². The lowest BCUT2D eigenvalue weighted by Crippen LogP contribution is -2.47. The number of hydrogen-bond donors (Lipinski definition) is 1. The SMILES string of the molecule is CN=C(NCCOc1cccc(Br)c1)N1CCC(C(=O)OC)CC1.I. The predicted molar refractivity (Wildman–Crippen MR) is 113 cm³/mol. The van der Waals surface area contributed by atoms with Gasteiger partial charge >= 0.3 is 5.97 Å². The van der Waals surface area contributed by atoms with Crippen molar-refractivity contribution in [1.82, 2.24) is 10.2 Å². The molecule has 1 fully saturated rings. The zero-order valence-electron chi connectivity index (χ0n) is 14.5. The Morgan fingerprint density at radius 1 is 1.40 bits per heavy atom. The number of nitrogens with zero attached hydrogens (tertiary/aromatic N) is 2. The molecule has 0 saturated carbocycles. The Balaban J connectivity index is 0.00000312. The van der Waals surface area contributed by atoms with Crippen molar-refractivity contribution >= 4 is 51.8 Å². The molecule has 1 aromatic carbocycles. The first-order valence-corrected chi connectivity index (χ1v) is 8.85. The summed E-state index contributed by atoms with van der Waals surface area (Å²) in [6.07, 6.45) is 1.59. The van der Waals surface area contributed by atoms with Gasteiger partial charge in [-0.1, -0.05) is 22.0 Å². The second-order valence-electron chi connectivity index (χ2n) is 5.56. The molecule has 1 aromatic rings. The van der Waals surface area contributed by atoms with Gasteiger partial charge in [0, 0.05) is 24.6 Å². The van der Waals surface area contributed by atoms with Crippen LogP contribution < -0.4 is 10.1 Å². The molecular formula is C17H25BrIN3O3. The number of guanidine groups is 1. The molecule has 0 amide bonds. The molecule has 6 nitrogen and oxygen atoms in total. The Hall–Kier alpha value is -1.03. The number of carbonyl (C=O) groups excluding carboxylic acids is 1. The zero-order valence-corrected chi connectivity index (χ0v) is 18.5. The van der Waals surface area contributed by atoms with E-state index in [4.69, 9.17) is 9.47 Å². The highest BCUT2D eigenvalue weighted by Crippen LogP contribution is 2.19. The molecule has 0 radical (unpaired) electrons. The topological polar surface area (TPSA) is 63.2 Å². The maximum atomic E-state index is 11.6. The molecule has 0 unspecified atom stereocenters. The fraction of sp³-hybridized carbons (Fsp3) is 0.529. The Morgan fingerprint density at radius 2 is 2.12 bits per heavy atom. The minimum Gasteiger partial charge on any atom is -0.492 e. The van der Waals surface area contributed by atoms with E-state index in [1.165, 1.54) is 7.11 Å². The molecule has 140 valence electrons. The molecule has 1 N–H and O–H groups in total. The van der Waals surface area contributed by atoms with E-state index < -0.39 is 0 Å². The van der Waals surface area contributed by atoms with Crippen LogP contribution in [0.4, 0.5) is 0 Å². The highest BCUT2D eigenvalue weighted by atomic mass is 127. The first-order valence-electron chi connectivity index (χ1n) is 8.06. The Labute approximate surface area is 174 Å². The van der Waals surface area contributed by atoms with Gasteiger partial charge in [0.1, 0.15) is 12.4 Å². The average Bonchev–Trinajstić information content (AvgIpc) is 2.61. The van der Waals surface area contributed by atoms with Gasteiger partial charge in [0.2, 0.25) is 0 Å². The average molecular weight is 526 g/mol. The lowest BCUT2D eigenvalue weighted by Gasteiger charge is -2.33. The molecule has 0 aromatic heterocycles. The van der Waals surface area contributed by atoms with Crippen LogP contribution in [0.2, 0.25) is 0 Å². The van der Waals surface area contributed by atoms with Gasteiger partial charge in [-0.2, -0.15) is 0 Å². The molecule has 0 aliphatic carbocycles. The molecule has 0 spiro atoms.